The Balaban J connectivity index is 1.25. The van der Waals surface area contributed by atoms with Gasteiger partial charge in [0.25, 0.3) is 5.91 Å². The number of rotatable bonds is 8. The van der Waals surface area contributed by atoms with E-state index in [0.717, 1.165) is 21.6 Å². The van der Waals surface area contributed by atoms with Crippen molar-refractivity contribution < 1.29 is 19.1 Å². The molecule has 5 aromatic rings. The summed E-state index contributed by atoms with van der Waals surface area (Å²) in [6, 6.07) is 24.2. The van der Waals surface area contributed by atoms with Crippen LogP contribution in [0.1, 0.15) is 40.9 Å². The number of nitrogens with zero attached hydrogens (tertiary/aromatic N) is 2. The zero-order valence-electron chi connectivity index (χ0n) is 23.5. The van der Waals surface area contributed by atoms with E-state index in [9.17, 15) is 19.1 Å². The fourth-order valence-electron chi connectivity index (χ4n) is 4.49. The molecule has 1 amide bonds. The van der Waals surface area contributed by atoms with Crippen LogP contribution >= 0.6 is 11.3 Å². The molecule has 42 heavy (non-hydrogen) atoms. The van der Waals surface area contributed by atoms with Gasteiger partial charge in [0.2, 0.25) is 0 Å². The van der Waals surface area contributed by atoms with Crippen molar-refractivity contribution in [3.63, 3.8) is 0 Å². The lowest BCUT2D eigenvalue weighted by Crippen LogP contribution is -2.42. The number of hydrogen-bond donors (Lipinski definition) is 2. The van der Waals surface area contributed by atoms with Crippen molar-refractivity contribution in [1.82, 2.24) is 15.3 Å². The highest BCUT2D eigenvalue weighted by atomic mass is 32.1. The predicted molar refractivity (Wildman–Crippen MR) is 164 cm³/mol. The van der Waals surface area contributed by atoms with E-state index < -0.39 is 17.9 Å². The number of nitrogens with one attached hydrogen (secondary N) is 1. The minimum atomic E-state index is -1.10. The highest BCUT2D eigenvalue weighted by Gasteiger charge is 2.24. The van der Waals surface area contributed by atoms with Crippen LogP contribution in [0.4, 0.5) is 4.39 Å². The van der Waals surface area contributed by atoms with Crippen LogP contribution in [0.3, 0.4) is 0 Å². The van der Waals surface area contributed by atoms with E-state index in [-0.39, 0.29) is 17.7 Å². The predicted octanol–water partition coefficient (Wildman–Crippen LogP) is 7.40. The van der Waals surface area contributed by atoms with Crippen LogP contribution in [0.15, 0.2) is 97.3 Å². The first kappa shape index (κ1) is 28.8. The third-order valence-electron chi connectivity index (χ3n) is 6.86. The molecule has 0 aliphatic heterocycles. The minimum Gasteiger partial charge on any atom is -0.480 e. The zero-order valence-corrected chi connectivity index (χ0v) is 24.3. The molecule has 5 rings (SSSR count). The van der Waals surface area contributed by atoms with E-state index in [4.69, 9.17) is 0 Å². The number of aromatic nitrogens is 2. The van der Waals surface area contributed by atoms with E-state index in [1.54, 1.807) is 36.7 Å². The zero-order chi connectivity index (χ0) is 29.9. The summed E-state index contributed by atoms with van der Waals surface area (Å²) in [5.41, 5.74) is 4.11. The highest BCUT2D eigenvalue weighted by molar-refractivity contribution is 7.14. The number of hydrogen-bond acceptors (Lipinski definition) is 5. The molecule has 0 saturated heterocycles. The van der Waals surface area contributed by atoms with Crippen LogP contribution in [0, 0.1) is 5.82 Å². The summed E-state index contributed by atoms with van der Waals surface area (Å²) in [5.74, 6) is -1.34. The van der Waals surface area contributed by atoms with Crippen molar-refractivity contribution in [3.8, 4) is 33.6 Å². The molecule has 0 bridgehead atoms. The molecule has 3 aromatic carbocycles. The molecule has 6 nitrogen and oxygen atoms in total. The van der Waals surface area contributed by atoms with E-state index in [0.29, 0.717) is 27.4 Å². The molecule has 0 radical (unpaired) electrons. The van der Waals surface area contributed by atoms with E-state index >= 15 is 0 Å². The number of carboxylic acids is 1. The topological polar surface area (TPSA) is 92.2 Å². The smallest absolute Gasteiger partial charge is 0.326 e. The summed E-state index contributed by atoms with van der Waals surface area (Å²) in [6.07, 6.45) is 3.43. The van der Waals surface area contributed by atoms with Gasteiger partial charge >= 0.3 is 5.97 Å². The Bertz CT molecular complexity index is 1710. The lowest BCUT2D eigenvalue weighted by Gasteiger charge is -2.16. The molecule has 0 fully saturated rings. The second kappa shape index (κ2) is 12.0. The van der Waals surface area contributed by atoms with Crippen LogP contribution in [-0.2, 0) is 16.6 Å². The van der Waals surface area contributed by atoms with Gasteiger partial charge < -0.3 is 10.4 Å². The molecule has 0 unspecified atom stereocenters. The van der Waals surface area contributed by atoms with E-state index in [1.807, 2.05) is 54.6 Å². The second-order valence-corrected chi connectivity index (χ2v) is 12.1. The third kappa shape index (κ3) is 6.61. The van der Waals surface area contributed by atoms with Crippen LogP contribution in [0.2, 0.25) is 0 Å². The number of thiophene rings is 1. The van der Waals surface area contributed by atoms with Crippen molar-refractivity contribution in [3.05, 3.63) is 118 Å². The van der Waals surface area contributed by atoms with Crippen LogP contribution in [0.5, 0.6) is 0 Å². The number of aliphatic carboxylic acids is 1. The molecule has 0 saturated carbocycles. The molecule has 0 aliphatic carbocycles. The molecule has 1 atom stereocenters. The number of halogens is 1. The summed E-state index contributed by atoms with van der Waals surface area (Å²) in [4.78, 5) is 35.2. The standard InChI is InChI=1S/C34H30FN3O3S/c1-34(2,3)30-16-15-29(42-30)32(39)38-28(33(40)41)17-21-9-11-23(12-10-21)31-36-19-25(20-37-31)24-13-14-26(27(35)18-24)22-7-5-4-6-8-22/h4-16,18-20,28H,17H2,1-3H3,(H,38,39)(H,40,41)/t28-/m0/s1. The summed E-state index contributed by atoms with van der Waals surface area (Å²) in [5, 5.41) is 12.4. The molecule has 0 aliphatic rings. The fraction of sp³-hybridized carbons (Fsp3) is 0.176. The molecular formula is C34H30FN3O3S. The SMILES string of the molecule is CC(C)(C)c1ccc(C(=O)N[C@@H](Cc2ccc(-c3ncc(-c4ccc(-c5ccccc5)c(F)c4)cn3)cc2)C(=O)O)s1. The maximum atomic E-state index is 14.8. The van der Waals surface area contributed by atoms with Crippen molar-refractivity contribution in [2.45, 2.75) is 38.6 Å². The fourth-order valence-corrected chi connectivity index (χ4v) is 5.46. The monoisotopic (exact) mass is 579 g/mol. The van der Waals surface area contributed by atoms with Gasteiger partial charge in [0, 0.05) is 40.4 Å². The molecule has 212 valence electrons. The van der Waals surface area contributed by atoms with Gasteiger partial charge in [-0.15, -0.1) is 11.3 Å². The van der Waals surface area contributed by atoms with E-state index in [2.05, 4.69) is 36.1 Å². The van der Waals surface area contributed by atoms with Gasteiger partial charge in [0.15, 0.2) is 5.82 Å². The summed E-state index contributed by atoms with van der Waals surface area (Å²) in [7, 11) is 0. The molecule has 0 spiro atoms. The molecule has 2 aromatic heterocycles. The first-order chi connectivity index (χ1) is 20.1. The normalized spacial score (nSPS) is 12.1. The van der Waals surface area contributed by atoms with Gasteiger partial charge in [0.05, 0.1) is 4.88 Å². The average Bonchev–Trinajstić information content (AvgIpc) is 3.49. The van der Waals surface area contributed by atoms with Gasteiger partial charge in [-0.3, -0.25) is 4.79 Å². The lowest BCUT2D eigenvalue weighted by molar-refractivity contribution is -0.139. The van der Waals surface area contributed by atoms with Gasteiger partial charge in [-0.2, -0.15) is 0 Å². The second-order valence-electron chi connectivity index (χ2n) is 11.0. The number of carboxylic acid groups (broad SMARTS) is 1. The number of carbonyl (C=O) groups is 2. The Morgan fingerprint density at radius 2 is 1.52 bits per heavy atom. The number of amides is 1. The molecule has 2 N–H and O–H groups in total. The molecular weight excluding hydrogens is 549 g/mol. The van der Waals surface area contributed by atoms with Crippen molar-refractivity contribution in [2.75, 3.05) is 0 Å². The van der Waals surface area contributed by atoms with Crippen LogP contribution in [0.25, 0.3) is 33.6 Å². The quantitative estimate of drug-likeness (QED) is 0.200. The number of benzene rings is 3. The maximum absolute atomic E-state index is 14.8. The van der Waals surface area contributed by atoms with Gasteiger partial charge in [-0.25, -0.2) is 19.2 Å². The first-order valence-corrected chi connectivity index (χ1v) is 14.3. The largest absolute Gasteiger partial charge is 0.480 e. The Labute approximate surface area is 247 Å². The van der Waals surface area contributed by atoms with E-state index in [1.165, 1.54) is 17.4 Å². The Morgan fingerprint density at radius 1 is 0.857 bits per heavy atom. The lowest BCUT2D eigenvalue weighted by atomic mass is 9.95. The number of carbonyl (C=O) groups excluding carboxylic acids is 1. The van der Waals surface area contributed by atoms with Crippen molar-refractivity contribution in [1.29, 1.82) is 0 Å². The minimum absolute atomic E-state index is 0.0900. The van der Waals surface area contributed by atoms with Crippen molar-refractivity contribution in [2.24, 2.45) is 0 Å². The Hall–Kier alpha value is -4.69. The molecule has 8 heteroatoms. The maximum Gasteiger partial charge on any atom is 0.326 e. The summed E-state index contributed by atoms with van der Waals surface area (Å²) in [6.45, 7) is 6.19. The van der Waals surface area contributed by atoms with Crippen LogP contribution < -0.4 is 5.32 Å². The van der Waals surface area contributed by atoms with Crippen LogP contribution in [-0.4, -0.2) is 33.0 Å². The van der Waals surface area contributed by atoms with Gasteiger partial charge in [-0.1, -0.05) is 87.5 Å². The summed E-state index contributed by atoms with van der Waals surface area (Å²) < 4.78 is 14.8. The van der Waals surface area contributed by atoms with Gasteiger partial charge in [-0.05, 0) is 40.3 Å². The van der Waals surface area contributed by atoms with Gasteiger partial charge in [0.1, 0.15) is 11.9 Å². The summed E-state index contributed by atoms with van der Waals surface area (Å²) >= 11 is 1.37. The van der Waals surface area contributed by atoms with Crippen molar-refractivity contribution >= 4 is 23.2 Å². The Morgan fingerprint density at radius 3 is 2.12 bits per heavy atom. The highest BCUT2D eigenvalue weighted by Crippen LogP contribution is 2.30. The molecule has 2 heterocycles. The Kier molecular flexibility index (Phi) is 8.27. The average molecular weight is 580 g/mol. The first-order valence-electron chi connectivity index (χ1n) is 13.5. The third-order valence-corrected chi connectivity index (χ3v) is 8.37.